The zero-order chi connectivity index (χ0) is 15.5. The van der Waals surface area contributed by atoms with E-state index in [4.69, 9.17) is 4.18 Å². The van der Waals surface area contributed by atoms with Crippen molar-refractivity contribution in [3.63, 3.8) is 0 Å². The summed E-state index contributed by atoms with van der Waals surface area (Å²) in [6, 6.07) is 6.88. The fourth-order valence-corrected chi connectivity index (χ4v) is 5.37. The summed E-state index contributed by atoms with van der Waals surface area (Å²) >= 11 is 0. The molecule has 0 spiro atoms. The Balaban J connectivity index is 1.86. The standard InChI is InChI=1S/C17H24O3S/c1-12-5-7-14(8-6-12)21(18,19)20-15-11-13-9-10-17(15,4)16(13,2)3/h5-8,13,15H,9-11H2,1-4H3/t13?,15-,17?/m1/s1. The maximum atomic E-state index is 12.5. The third kappa shape index (κ3) is 2.15. The maximum absolute atomic E-state index is 12.5. The van der Waals surface area contributed by atoms with Gasteiger partial charge in [-0.25, -0.2) is 0 Å². The number of hydrogen-bond acceptors (Lipinski definition) is 3. The molecule has 2 saturated carbocycles. The first kappa shape index (κ1) is 15.0. The summed E-state index contributed by atoms with van der Waals surface area (Å²) in [5.74, 6) is 0.570. The van der Waals surface area contributed by atoms with Crippen LogP contribution in [0.3, 0.4) is 0 Å². The summed E-state index contributed by atoms with van der Waals surface area (Å²) in [5, 5.41) is 0. The molecular weight excluding hydrogens is 284 g/mol. The molecule has 0 radical (unpaired) electrons. The molecule has 116 valence electrons. The molecule has 3 nitrogen and oxygen atoms in total. The van der Waals surface area contributed by atoms with Crippen molar-refractivity contribution in [3.05, 3.63) is 29.8 Å². The molecule has 21 heavy (non-hydrogen) atoms. The minimum Gasteiger partial charge on any atom is -0.262 e. The van der Waals surface area contributed by atoms with Crippen LogP contribution in [-0.2, 0) is 14.3 Å². The van der Waals surface area contributed by atoms with Gasteiger partial charge in [0, 0.05) is 5.41 Å². The summed E-state index contributed by atoms with van der Waals surface area (Å²) in [6.45, 7) is 8.64. The molecule has 2 unspecified atom stereocenters. The SMILES string of the molecule is Cc1ccc(S(=O)(=O)O[C@@H]2CC3CCC2(C)C3(C)C)cc1. The van der Waals surface area contributed by atoms with Crippen molar-refractivity contribution in [1.82, 2.24) is 0 Å². The van der Waals surface area contributed by atoms with Crippen LogP contribution in [0.2, 0.25) is 0 Å². The lowest BCUT2D eigenvalue weighted by atomic mass is 9.70. The topological polar surface area (TPSA) is 43.4 Å². The Morgan fingerprint density at radius 3 is 2.24 bits per heavy atom. The Bertz CT molecular complexity index is 645. The predicted molar refractivity (Wildman–Crippen MR) is 82.5 cm³/mol. The second-order valence-electron chi connectivity index (χ2n) is 7.46. The molecule has 2 aliphatic rings. The highest BCUT2D eigenvalue weighted by molar-refractivity contribution is 7.86. The molecule has 0 heterocycles. The van der Waals surface area contributed by atoms with Crippen molar-refractivity contribution in [2.75, 3.05) is 0 Å². The van der Waals surface area contributed by atoms with Crippen molar-refractivity contribution in [3.8, 4) is 0 Å². The minimum atomic E-state index is -3.67. The van der Waals surface area contributed by atoms with Gasteiger partial charge in [0.15, 0.2) is 0 Å². The number of benzene rings is 1. The second kappa shape index (κ2) is 4.56. The van der Waals surface area contributed by atoms with E-state index in [2.05, 4.69) is 20.8 Å². The molecule has 1 aromatic carbocycles. The van der Waals surface area contributed by atoms with Crippen LogP contribution in [0.5, 0.6) is 0 Å². The predicted octanol–water partition coefficient (Wildman–Crippen LogP) is 3.92. The highest BCUT2D eigenvalue weighted by Crippen LogP contribution is 2.66. The van der Waals surface area contributed by atoms with Crippen LogP contribution >= 0.6 is 0 Å². The third-order valence-corrected chi connectivity index (χ3v) is 7.60. The van der Waals surface area contributed by atoms with E-state index >= 15 is 0 Å². The van der Waals surface area contributed by atoms with Crippen LogP contribution in [-0.4, -0.2) is 14.5 Å². The molecule has 0 N–H and O–H groups in total. The smallest absolute Gasteiger partial charge is 0.262 e. The van der Waals surface area contributed by atoms with Gasteiger partial charge in [0.1, 0.15) is 0 Å². The zero-order valence-electron chi connectivity index (χ0n) is 13.2. The van der Waals surface area contributed by atoms with E-state index in [1.54, 1.807) is 12.1 Å². The van der Waals surface area contributed by atoms with Gasteiger partial charge in [-0.3, -0.25) is 4.18 Å². The molecule has 0 aromatic heterocycles. The van der Waals surface area contributed by atoms with E-state index in [0.717, 1.165) is 18.4 Å². The lowest BCUT2D eigenvalue weighted by Crippen LogP contribution is -2.38. The molecule has 4 heteroatoms. The lowest BCUT2D eigenvalue weighted by molar-refractivity contribution is 0.0345. The van der Waals surface area contributed by atoms with Gasteiger partial charge in [-0.1, -0.05) is 38.5 Å². The molecule has 1 aromatic rings. The number of hydrogen-bond donors (Lipinski definition) is 0. The van der Waals surface area contributed by atoms with E-state index in [9.17, 15) is 8.42 Å². The Morgan fingerprint density at radius 1 is 1.14 bits per heavy atom. The first-order chi connectivity index (χ1) is 9.67. The fraction of sp³-hybridized carbons (Fsp3) is 0.647. The van der Waals surface area contributed by atoms with Crippen molar-refractivity contribution < 1.29 is 12.6 Å². The van der Waals surface area contributed by atoms with Crippen LogP contribution in [0.25, 0.3) is 0 Å². The van der Waals surface area contributed by atoms with Gasteiger partial charge in [-0.15, -0.1) is 0 Å². The van der Waals surface area contributed by atoms with E-state index < -0.39 is 10.1 Å². The molecule has 3 rings (SSSR count). The zero-order valence-corrected chi connectivity index (χ0v) is 14.0. The van der Waals surface area contributed by atoms with Gasteiger partial charge in [-0.05, 0) is 49.7 Å². The number of fused-ring (bicyclic) bond motifs is 2. The van der Waals surface area contributed by atoms with Crippen LogP contribution < -0.4 is 0 Å². The first-order valence-corrected chi connectivity index (χ1v) is 9.08. The molecule has 0 saturated heterocycles. The summed E-state index contributed by atoms with van der Waals surface area (Å²) < 4.78 is 30.7. The van der Waals surface area contributed by atoms with Gasteiger partial charge in [0.2, 0.25) is 0 Å². The van der Waals surface area contributed by atoms with Crippen molar-refractivity contribution in [2.24, 2.45) is 16.7 Å². The van der Waals surface area contributed by atoms with Gasteiger partial charge >= 0.3 is 0 Å². The monoisotopic (exact) mass is 308 g/mol. The van der Waals surface area contributed by atoms with Gasteiger partial charge in [0.05, 0.1) is 11.0 Å². The Hall–Kier alpha value is -0.870. The van der Waals surface area contributed by atoms with Crippen LogP contribution in [0, 0.1) is 23.7 Å². The van der Waals surface area contributed by atoms with Gasteiger partial charge in [-0.2, -0.15) is 8.42 Å². The Kier molecular flexibility index (Phi) is 3.27. The van der Waals surface area contributed by atoms with E-state index in [-0.39, 0.29) is 21.8 Å². The first-order valence-electron chi connectivity index (χ1n) is 7.67. The molecule has 2 bridgehead atoms. The van der Waals surface area contributed by atoms with E-state index in [1.807, 2.05) is 19.1 Å². The van der Waals surface area contributed by atoms with Gasteiger partial charge in [0.25, 0.3) is 10.1 Å². The highest BCUT2D eigenvalue weighted by Gasteiger charge is 2.62. The van der Waals surface area contributed by atoms with Crippen molar-refractivity contribution in [2.45, 2.75) is 58.0 Å². The van der Waals surface area contributed by atoms with Crippen molar-refractivity contribution >= 4 is 10.1 Å². The second-order valence-corrected chi connectivity index (χ2v) is 9.03. The van der Waals surface area contributed by atoms with Crippen molar-refractivity contribution in [1.29, 1.82) is 0 Å². The summed E-state index contributed by atoms with van der Waals surface area (Å²) in [5.41, 5.74) is 1.15. The minimum absolute atomic E-state index is 0.0462. The molecule has 3 atom stereocenters. The number of rotatable bonds is 3. The summed E-state index contributed by atoms with van der Waals surface area (Å²) in [7, 11) is -3.67. The average molecular weight is 308 g/mol. The average Bonchev–Trinajstić information content (AvgIpc) is 2.72. The normalized spacial score (nSPS) is 34.3. The Morgan fingerprint density at radius 2 is 1.76 bits per heavy atom. The van der Waals surface area contributed by atoms with Gasteiger partial charge < -0.3 is 0 Å². The van der Waals surface area contributed by atoms with Crippen LogP contribution in [0.4, 0.5) is 0 Å². The third-order valence-electron chi connectivity index (χ3n) is 6.27. The summed E-state index contributed by atoms with van der Waals surface area (Å²) in [6.07, 6.45) is 2.90. The molecule has 2 aliphatic carbocycles. The van der Waals surface area contributed by atoms with Crippen LogP contribution in [0.15, 0.2) is 29.2 Å². The molecule has 0 aliphatic heterocycles. The van der Waals surface area contributed by atoms with E-state index in [0.29, 0.717) is 5.92 Å². The molecule has 0 amide bonds. The largest absolute Gasteiger partial charge is 0.297 e. The molecular formula is C17H24O3S. The Labute approximate surface area is 127 Å². The highest BCUT2D eigenvalue weighted by atomic mass is 32.2. The van der Waals surface area contributed by atoms with Crippen LogP contribution in [0.1, 0.15) is 45.6 Å². The quantitative estimate of drug-likeness (QED) is 0.795. The fourth-order valence-electron chi connectivity index (χ4n) is 4.19. The number of aryl methyl sites for hydroxylation is 1. The maximum Gasteiger partial charge on any atom is 0.297 e. The van der Waals surface area contributed by atoms with E-state index in [1.165, 1.54) is 6.42 Å². The lowest BCUT2D eigenvalue weighted by Gasteiger charge is -2.38. The summed E-state index contributed by atoms with van der Waals surface area (Å²) in [4.78, 5) is 0.261. The molecule has 2 fully saturated rings.